The highest BCUT2D eigenvalue weighted by Crippen LogP contribution is 2.15. The van der Waals surface area contributed by atoms with E-state index < -0.39 is 0 Å². The number of anilines is 4. The van der Waals surface area contributed by atoms with Crippen LogP contribution in [0.5, 0.6) is 0 Å². The van der Waals surface area contributed by atoms with E-state index >= 15 is 0 Å². The van der Waals surface area contributed by atoms with Crippen LogP contribution in [0.2, 0.25) is 0 Å². The van der Waals surface area contributed by atoms with Gasteiger partial charge in [0.05, 0.1) is 0 Å². The van der Waals surface area contributed by atoms with E-state index in [2.05, 4.69) is 173 Å². The Labute approximate surface area is 381 Å². The standard InChI is InChI=1S/4C15H15N/c4*1-12-2-4-13(5-3-12)6-7-14-8-10-15(16)11-9-14/h4*2-11H,16H2,1H3/b4*7-6+. The molecule has 4 heteroatoms. The van der Waals surface area contributed by atoms with E-state index in [1.54, 1.807) is 0 Å². The molecule has 0 aromatic heterocycles. The Bertz CT molecular complexity index is 2110. The number of aryl methyl sites for hydroxylation is 4. The number of nitrogens with two attached hydrogens (primary N) is 4. The fraction of sp³-hybridized carbons (Fsp3) is 0.0667. The van der Waals surface area contributed by atoms with Crippen molar-refractivity contribution in [2.24, 2.45) is 0 Å². The van der Waals surface area contributed by atoms with Crippen molar-refractivity contribution in [2.75, 3.05) is 22.9 Å². The van der Waals surface area contributed by atoms with Crippen molar-refractivity contribution in [1.29, 1.82) is 0 Å². The zero-order chi connectivity index (χ0) is 45.5. The monoisotopic (exact) mass is 836 g/mol. The van der Waals surface area contributed by atoms with Gasteiger partial charge in [0.2, 0.25) is 0 Å². The first-order valence-electron chi connectivity index (χ1n) is 21.4. The largest absolute Gasteiger partial charge is 0.399 e. The first-order chi connectivity index (χ1) is 30.9. The molecule has 0 unspecified atom stereocenters. The lowest BCUT2D eigenvalue weighted by atomic mass is 10.1. The highest BCUT2D eigenvalue weighted by Gasteiger charge is 1.93. The molecule has 0 saturated carbocycles. The minimum Gasteiger partial charge on any atom is -0.399 e. The summed E-state index contributed by atoms with van der Waals surface area (Å²) in [5.41, 5.74) is 40.3. The van der Waals surface area contributed by atoms with Crippen molar-refractivity contribution in [1.82, 2.24) is 0 Å². The second kappa shape index (κ2) is 25.0. The van der Waals surface area contributed by atoms with Crippen LogP contribution in [0, 0.1) is 27.7 Å². The normalized spacial score (nSPS) is 10.8. The second-order valence-corrected chi connectivity index (χ2v) is 15.6. The summed E-state index contributed by atoms with van der Waals surface area (Å²) in [6.45, 7) is 8.36. The summed E-state index contributed by atoms with van der Waals surface area (Å²) in [4.78, 5) is 0. The first kappa shape index (κ1) is 47.0. The van der Waals surface area contributed by atoms with Gasteiger partial charge in [0.15, 0.2) is 0 Å². The minimum atomic E-state index is 0.799. The Balaban J connectivity index is 0.000000161. The molecule has 8 aromatic carbocycles. The molecule has 320 valence electrons. The molecule has 0 aliphatic rings. The lowest BCUT2D eigenvalue weighted by molar-refractivity contribution is 1.46. The van der Waals surface area contributed by atoms with Crippen molar-refractivity contribution in [2.45, 2.75) is 27.7 Å². The molecule has 0 bridgehead atoms. The van der Waals surface area contributed by atoms with Crippen molar-refractivity contribution in [3.8, 4) is 0 Å². The molecule has 0 fully saturated rings. The third kappa shape index (κ3) is 17.9. The van der Waals surface area contributed by atoms with E-state index in [4.69, 9.17) is 22.9 Å². The topological polar surface area (TPSA) is 104 Å². The lowest BCUT2D eigenvalue weighted by Gasteiger charge is -1.96. The molecule has 0 aliphatic carbocycles. The van der Waals surface area contributed by atoms with E-state index in [0.29, 0.717) is 0 Å². The average molecular weight is 837 g/mol. The summed E-state index contributed by atoms with van der Waals surface area (Å²) in [6, 6.07) is 65.2. The van der Waals surface area contributed by atoms with E-state index in [9.17, 15) is 0 Å². The number of nitrogen functional groups attached to an aromatic ring is 4. The molecule has 64 heavy (non-hydrogen) atoms. The number of benzene rings is 8. The van der Waals surface area contributed by atoms with E-state index in [1.807, 2.05) is 97.1 Å². The molecule has 8 rings (SSSR count). The fourth-order valence-corrected chi connectivity index (χ4v) is 5.91. The molecular weight excluding hydrogens is 777 g/mol. The van der Waals surface area contributed by atoms with Crippen LogP contribution in [0.25, 0.3) is 48.6 Å². The van der Waals surface area contributed by atoms with Crippen molar-refractivity contribution in [3.05, 3.63) is 261 Å². The van der Waals surface area contributed by atoms with Crippen LogP contribution in [-0.4, -0.2) is 0 Å². The van der Waals surface area contributed by atoms with Gasteiger partial charge in [0, 0.05) is 22.7 Å². The third-order valence-electron chi connectivity index (χ3n) is 9.93. The molecule has 8 aromatic rings. The van der Waals surface area contributed by atoms with Gasteiger partial charge in [0.1, 0.15) is 0 Å². The van der Waals surface area contributed by atoms with Crippen LogP contribution < -0.4 is 22.9 Å². The number of hydrogen-bond donors (Lipinski definition) is 4. The Kier molecular flexibility index (Phi) is 18.3. The number of hydrogen-bond acceptors (Lipinski definition) is 4. The van der Waals surface area contributed by atoms with Gasteiger partial charge < -0.3 is 22.9 Å². The molecule has 0 radical (unpaired) electrons. The summed E-state index contributed by atoms with van der Waals surface area (Å²) in [5, 5.41) is 0. The Morgan fingerprint density at radius 3 is 0.422 bits per heavy atom. The predicted octanol–water partition coefficient (Wildman–Crippen LogP) is 15.0. The van der Waals surface area contributed by atoms with Crippen LogP contribution in [0.1, 0.15) is 66.8 Å². The van der Waals surface area contributed by atoms with Crippen molar-refractivity contribution < 1.29 is 0 Å². The van der Waals surface area contributed by atoms with Crippen LogP contribution in [0.15, 0.2) is 194 Å². The minimum absolute atomic E-state index is 0.799. The summed E-state index contributed by atoms with van der Waals surface area (Å²) in [6.07, 6.45) is 16.8. The smallest absolute Gasteiger partial charge is 0.0314 e. The summed E-state index contributed by atoms with van der Waals surface area (Å²) in [7, 11) is 0. The van der Waals surface area contributed by atoms with E-state index in [0.717, 1.165) is 45.0 Å². The highest BCUT2D eigenvalue weighted by atomic mass is 14.5. The molecule has 0 amide bonds. The molecule has 0 aliphatic heterocycles. The summed E-state index contributed by atoms with van der Waals surface area (Å²) in [5.74, 6) is 0. The predicted molar refractivity (Wildman–Crippen MR) is 284 cm³/mol. The van der Waals surface area contributed by atoms with Gasteiger partial charge in [-0.05, 0) is 121 Å². The van der Waals surface area contributed by atoms with Crippen LogP contribution in [-0.2, 0) is 0 Å². The zero-order valence-electron chi connectivity index (χ0n) is 37.4. The lowest BCUT2D eigenvalue weighted by Crippen LogP contribution is -1.82. The molecule has 0 saturated heterocycles. The van der Waals surface area contributed by atoms with Gasteiger partial charge in [-0.3, -0.25) is 0 Å². The maximum absolute atomic E-state index is 5.63. The van der Waals surface area contributed by atoms with Gasteiger partial charge >= 0.3 is 0 Å². The van der Waals surface area contributed by atoms with Crippen molar-refractivity contribution >= 4 is 71.4 Å². The highest BCUT2D eigenvalue weighted by molar-refractivity contribution is 5.73. The summed E-state index contributed by atoms with van der Waals surface area (Å²) >= 11 is 0. The maximum Gasteiger partial charge on any atom is 0.0314 e. The fourth-order valence-electron chi connectivity index (χ4n) is 5.91. The zero-order valence-corrected chi connectivity index (χ0v) is 37.4. The third-order valence-corrected chi connectivity index (χ3v) is 9.93. The molecular formula is C60H60N4. The maximum atomic E-state index is 5.63. The van der Waals surface area contributed by atoms with E-state index in [1.165, 1.54) is 44.5 Å². The summed E-state index contributed by atoms with van der Waals surface area (Å²) < 4.78 is 0. The Morgan fingerprint density at radius 1 is 0.188 bits per heavy atom. The average Bonchev–Trinajstić information content (AvgIpc) is 3.31. The van der Waals surface area contributed by atoms with Gasteiger partial charge in [-0.1, -0.05) is 216 Å². The van der Waals surface area contributed by atoms with Gasteiger partial charge in [-0.25, -0.2) is 0 Å². The van der Waals surface area contributed by atoms with Crippen LogP contribution in [0.3, 0.4) is 0 Å². The molecule has 0 heterocycles. The SMILES string of the molecule is Cc1ccc(/C=C/c2ccc(N)cc2)cc1.Cc1ccc(/C=C/c2ccc(N)cc2)cc1.Cc1ccc(/C=C/c2ccc(N)cc2)cc1.Cc1ccc(/C=C/c2ccc(N)cc2)cc1. The Hall–Kier alpha value is -8.08. The second-order valence-electron chi connectivity index (χ2n) is 15.6. The van der Waals surface area contributed by atoms with Crippen LogP contribution in [0.4, 0.5) is 22.7 Å². The molecule has 0 atom stereocenters. The Morgan fingerprint density at radius 2 is 0.297 bits per heavy atom. The van der Waals surface area contributed by atoms with Crippen LogP contribution >= 0.6 is 0 Å². The molecule has 0 spiro atoms. The number of rotatable bonds is 8. The van der Waals surface area contributed by atoms with Gasteiger partial charge in [-0.2, -0.15) is 0 Å². The van der Waals surface area contributed by atoms with Gasteiger partial charge in [-0.15, -0.1) is 0 Å². The molecule has 4 nitrogen and oxygen atoms in total. The van der Waals surface area contributed by atoms with E-state index in [-0.39, 0.29) is 0 Å². The molecule has 8 N–H and O–H groups in total. The first-order valence-corrected chi connectivity index (χ1v) is 21.4. The quantitative estimate of drug-likeness (QED) is 0.0904. The van der Waals surface area contributed by atoms with Gasteiger partial charge in [0.25, 0.3) is 0 Å². The van der Waals surface area contributed by atoms with Crippen molar-refractivity contribution in [3.63, 3.8) is 0 Å².